The predicted octanol–water partition coefficient (Wildman–Crippen LogP) is 1.80. The molecule has 18 heavy (non-hydrogen) atoms. The molecule has 1 aliphatic carbocycles. The molecule has 0 N–H and O–H groups in total. The van der Waals surface area contributed by atoms with E-state index in [0.717, 1.165) is 44.9 Å². The van der Waals surface area contributed by atoms with Crippen LogP contribution in [0.15, 0.2) is 4.99 Å². The van der Waals surface area contributed by atoms with E-state index in [2.05, 4.69) is 4.99 Å². The first kappa shape index (κ1) is 13.7. The van der Waals surface area contributed by atoms with Crippen molar-refractivity contribution < 1.29 is 13.2 Å². The molecule has 2 rings (SSSR count). The van der Waals surface area contributed by atoms with Gasteiger partial charge in [0.1, 0.15) is 6.17 Å². The van der Waals surface area contributed by atoms with Gasteiger partial charge in [-0.3, -0.25) is 0 Å². The Labute approximate surface area is 108 Å². The molecule has 5 nitrogen and oxygen atoms in total. The van der Waals surface area contributed by atoms with E-state index in [9.17, 15) is 13.2 Å². The van der Waals surface area contributed by atoms with E-state index in [1.165, 1.54) is 10.4 Å². The van der Waals surface area contributed by atoms with Gasteiger partial charge in [0, 0.05) is 6.54 Å². The molecule has 1 saturated heterocycles. The van der Waals surface area contributed by atoms with Crippen LogP contribution in [0, 0.1) is 0 Å². The first-order valence-corrected chi connectivity index (χ1v) is 8.24. The molecule has 1 heterocycles. The Hall–Kier alpha value is -0.710. The summed E-state index contributed by atoms with van der Waals surface area (Å²) in [5.41, 5.74) is 0. The van der Waals surface area contributed by atoms with Gasteiger partial charge in [-0.1, -0.05) is 19.3 Å². The third kappa shape index (κ3) is 2.82. The summed E-state index contributed by atoms with van der Waals surface area (Å²) in [5.74, 6) is 0. The summed E-state index contributed by atoms with van der Waals surface area (Å²) in [6, 6.07) is 0. The minimum Gasteiger partial charge on any atom is -0.212 e. The maximum atomic E-state index is 12.6. The molecule has 1 atom stereocenters. The molecule has 0 amide bonds. The second-order valence-corrected chi connectivity index (χ2v) is 7.28. The molecule has 2 fully saturated rings. The van der Waals surface area contributed by atoms with Gasteiger partial charge >= 0.3 is 0 Å². The molecule has 1 saturated carbocycles. The average Bonchev–Trinajstić information content (AvgIpc) is 2.78. The fraction of sp³-hybridized carbons (Fsp3) is 0.917. The highest BCUT2D eigenvalue weighted by atomic mass is 32.2. The minimum absolute atomic E-state index is 0.264. The third-order valence-electron chi connectivity index (χ3n) is 3.93. The first-order valence-electron chi connectivity index (χ1n) is 6.74. The van der Waals surface area contributed by atoms with Gasteiger partial charge < -0.3 is 0 Å². The lowest BCUT2D eigenvalue weighted by atomic mass is 10.2. The van der Waals surface area contributed by atoms with Crippen molar-refractivity contribution in [2.75, 3.05) is 6.54 Å². The Bertz CT molecular complexity index is 423. The lowest BCUT2D eigenvalue weighted by Gasteiger charge is -2.28. The smallest absolute Gasteiger partial charge is 0.212 e. The van der Waals surface area contributed by atoms with Crippen LogP contribution in [0.2, 0.25) is 0 Å². The van der Waals surface area contributed by atoms with Crippen molar-refractivity contribution in [3.63, 3.8) is 0 Å². The van der Waals surface area contributed by atoms with Crippen LogP contribution >= 0.6 is 0 Å². The molecule has 2 aliphatic rings. The number of rotatable bonds is 3. The van der Waals surface area contributed by atoms with Gasteiger partial charge in [0.25, 0.3) is 0 Å². The molecule has 0 bridgehead atoms. The molecule has 0 aromatic carbocycles. The lowest BCUT2D eigenvalue weighted by Crippen LogP contribution is -2.43. The van der Waals surface area contributed by atoms with Crippen molar-refractivity contribution in [1.29, 1.82) is 0 Å². The van der Waals surface area contributed by atoms with Crippen LogP contribution in [0.5, 0.6) is 0 Å². The Kier molecular flexibility index (Phi) is 4.54. The Morgan fingerprint density at radius 2 is 1.67 bits per heavy atom. The van der Waals surface area contributed by atoms with Crippen molar-refractivity contribution in [3.8, 4) is 0 Å². The highest BCUT2D eigenvalue weighted by Crippen LogP contribution is 2.30. The zero-order valence-corrected chi connectivity index (χ0v) is 11.4. The molecular formula is C12H20N2O3S. The topological polar surface area (TPSA) is 66.8 Å². The average molecular weight is 272 g/mol. The van der Waals surface area contributed by atoms with Crippen molar-refractivity contribution in [2.45, 2.75) is 62.8 Å². The number of carbonyl (C=O) groups excluding carboxylic acids is 1. The van der Waals surface area contributed by atoms with E-state index in [0.29, 0.717) is 13.0 Å². The monoisotopic (exact) mass is 272 g/mol. The van der Waals surface area contributed by atoms with Gasteiger partial charge in [0.15, 0.2) is 0 Å². The molecule has 1 aliphatic heterocycles. The minimum atomic E-state index is -3.30. The van der Waals surface area contributed by atoms with Gasteiger partial charge in [-0.15, -0.1) is 0 Å². The number of sulfonamides is 1. The van der Waals surface area contributed by atoms with E-state index in [1.807, 2.05) is 0 Å². The number of hydrogen-bond donors (Lipinski definition) is 0. The number of nitrogens with zero attached hydrogens (tertiary/aromatic N) is 2. The van der Waals surface area contributed by atoms with Crippen LogP contribution in [0.1, 0.15) is 51.4 Å². The van der Waals surface area contributed by atoms with Crippen LogP contribution in [0.25, 0.3) is 0 Å². The molecule has 0 spiro atoms. The fourth-order valence-electron chi connectivity index (χ4n) is 2.93. The Balaban J connectivity index is 2.23. The van der Waals surface area contributed by atoms with Crippen molar-refractivity contribution in [2.24, 2.45) is 4.99 Å². The van der Waals surface area contributed by atoms with Crippen molar-refractivity contribution in [1.82, 2.24) is 4.31 Å². The molecular weight excluding hydrogens is 252 g/mol. The quantitative estimate of drug-likeness (QED) is 0.581. The van der Waals surface area contributed by atoms with Crippen LogP contribution in [0.4, 0.5) is 0 Å². The van der Waals surface area contributed by atoms with E-state index >= 15 is 0 Å². The van der Waals surface area contributed by atoms with Crippen LogP contribution in [-0.2, 0) is 14.8 Å². The molecule has 102 valence electrons. The summed E-state index contributed by atoms with van der Waals surface area (Å²) < 4.78 is 26.6. The molecule has 0 aromatic rings. The normalized spacial score (nSPS) is 27.7. The highest BCUT2D eigenvalue weighted by molar-refractivity contribution is 7.89. The van der Waals surface area contributed by atoms with Gasteiger partial charge in [-0.25, -0.2) is 13.2 Å². The summed E-state index contributed by atoms with van der Waals surface area (Å²) >= 11 is 0. The van der Waals surface area contributed by atoms with Crippen molar-refractivity contribution in [3.05, 3.63) is 0 Å². The second kappa shape index (κ2) is 5.95. The summed E-state index contributed by atoms with van der Waals surface area (Å²) in [6.45, 7) is 0.495. The van der Waals surface area contributed by atoms with E-state index in [4.69, 9.17) is 0 Å². The van der Waals surface area contributed by atoms with Crippen LogP contribution in [0.3, 0.4) is 0 Å². The van der Waals surface area contributed by atoms with Gasteiger partial charge in [-0.2, -0.15) is 9.30 Å². The van der Waals surface area contributed by atoms with Gasteiger partial charge in [0.05, 0.1) is 5.25 Å². The second-order valence-electron chi connectivity index (χ2n) is 5.11. The zero-order chi connectivity index (χ0) is 13.0. The van der Waals surface area contributed by atoms with E-state index in [1.54, 1.807) is 0 Å². The molecule has 0 aromatic heterocycles. The SMILES string of the molecule is O=C=NC1CCCCCN1S(=O)(=O)C1CCCC1. The Morgan fingerprint density at radius 1 is 1.00 bits per heavy atom. The van der Waals surface area contributed by atoms with Crippen molar-refractivity contribution >= 4 is 16.1 Å². The Morgan fingerprint density at radius 3 is 2.33 bits per heavy atom. The number of isocyanates is 1. The molecule has 6 heteroatoms. The highest BCUT2D eigenvalue weighted by Gasteiger charge is 2.38. The predicted molar refractivity (Wildman–Crippen MR) is 68.3 cm³/mol. The van der Waals surface area contributed by atoms with Gasteiger partial charge in [0.2, 0.25) is 16.1 Å². The van der Waals surface area contributed by atoms with E-state index < -0.39 is 16.2 Å². The number of aliphatic imine (C=N–C) groups is 1. The third-order valence-corrected chi connectivity index (χ3v) is 6.32. The maximum Gasteiger partial charge on any atom is 0.236 e. The lowest BCUT2D eigenvalue weighted by molar-refractivity contribution is 0.326. The maximum absolute atomic E-state index is 12.6. The first-order chi connectivity index (χ1) is 8.66. The largest absolute Gasteiger partial charge is 0.236 e. The summed E-state index contributed by atoms with van der Waals surface area (Å²) in [4.78, 5) is 14.2. The van der Waals surface area contributed by atoms with Crippen LogP contribution in [-0.4, -0.2) is 36.8 Å². The molecule has 1 unspecified atom stereocenters. The summed E-state index contributed by atoms with van der Waals surface area (Å²) in [5, 5.41) is -0.264. The number of hydrogen-bond acceptors (Lipinski definition) is 4. The zero-order valence-electron chi connectivity index (χ0n) is 10.5. The van der Waals surface area contributed by atoms with Crippen LogP contribution < -0.4 is 0 Å². The fourth-order valence-corrected chi connectivity index (χ4v) is 5.12. The van der Waals surface area contributed by atoms with Gasteiger partial charge in [-0.05, 0) is 32.1 Å². The standard InChI is InChI=1S/C12H20N2O3S/c15-10-13-12-8-2-1-5-9-14(12)18(16,17)11-6-3-4-7-11/h11-12H,1-9H2. The summed E-state index contributed by atoms with van der Waals surface area (Å²) in [7, 11) is -3.30. The van der Waals surface area contributed by atoms with E-state index in [-0.39, 0.29) is 5.25 Å². The molecule has 0 radical (unpaired) electrons. The summed E-state index contributed by atoms with van der Waals surface area (Å²) in [6.07, 6.45) is 7.90.